The van der Waals surface area contributed by atoms with Gasteiger partial charge in [-0.2, -0.15) is 8.78 Å². The highest BCUT2D eigenvalue weighted by Crippen LogP contribution is 2.57. The summed E-state index contributed by atoms with van der Waals surface area (Å²) in [5, 5.41) is 3.17. The van der Waals surface area contributed by atoms with Gasteiger partial charge in [0.1, 0.15) is 0 Å². The van der Waals surface area contributed by atoms with E-state index in [0.29, 0.717) is 15.8 Å². The van der Waals surface area contributed by atoms with Gasteiger partial charge < -0.3 is 15.1 Å². The van der Waals surface area contributed by atoms with Gasteiger partial charge in [0.15, 0.2) is 0 Å². The van der Waals surface area contributed by atoms with Crippen LogP contribution in [0.1, 0.15) is 10.4 Å². The average molecular weight is 461 g/mol. The van der Waals surface area contributed by atoms with Crippen molar-refractivity contribution in [2.45, 2.75) is 12.1 Å². The van der Waals surface area contributed by atoms with Crippen molar-refractivity contribution in [2.24, 2.45) is 0 Å². The lowest BCUT2D eigenvalue weighted by Crippen LogP contribution is -2.14. The zero-order valence-electron chi connectivity index (χ0n) is 13.0. The summed E-state index contributed by atoms with van der Waals surface area (Å²) in [5.41, 5.74) is -2.53. The molecule has 10 heteroatoms. The van der Waals surface area contributed by atoms with Crippen molar-refractivity contribution < 1.29 is 23.4 Å². The molecule has 1 amide bonds. The van der Waals surface area contributed by atoms with Crippen molar-refractivity contribution in [2.75, 3.05) is 5.32 Å². The average Bonchev–Trinajstić information content (AvgIpc) is 2.93. The fourth-order valence-electron chi connectivity index (χ4n) is 2.32. The highest BCUT2D eigenvalue weighted by Gasteiger charge is 2.44. The molecule has 0 fully saturated rings. The van der Waals surface area contributed by atoms with Crippen molar-refractivity contribution in [1.82, 2.24) is 4.98 Å². The number of anilines is 1. The SMILES string of the molecule is O=C(Cc1cccnc1)Nc1ccc2sc(C(F)(F)P(O)O)c(Br)c2c1. The first-order valence-corrected chi connectivity index (χ1v) is 10.1. The summed E-state index contributed by atoms with van der Waals surface area (Å²) < 4.78 is 28.5. The standard InChI is InChI=1S/C16H12BrF2N2O3PS/c17-14-11-7-10(21-13(22)6-9-2-1-5-20-8-9)3-4-12(11)26-15(14)16(18,19)25(23)24/h1-5,7-8,23-24H,6H2,(H,21,22). The van der Waals surface area contributed by atoms with Gasteiger partial charge in [0.05, 0.1) is 11.3 Å². The molecule has 26 heavy (non-hydrogen) atoms. The highest BCUT2D eigenvalue weighted by atomic mass is 79.9. The first-order chi connectivity index (χ1) is 12.3. The van der Waals surface area contributed by atoms with Gasteiger partial charge >= 0.3 is 5.66 Å². The quantitative estimate of drug-likeness (QED) is 0.486. The molecule has 5 nitrogen and oxygen atoms in total. The van der Waals surface area contributed by atoms with Gasteiger partial charge in [-0.05, 0) is 45.8 Å². The van der Waals surface area contributed by atoms with Gasteiger partial charge in [0, 0.05) is 32.6 Å². The number of amides is 1. The Kier molecular flexibility index (Phi) is 5.64. The number of pyridine rings is 1. The van der Waals surface area contributed by atoms with E-state index in [2.05, 4.69) is 26.2 Å². The Hall–Kier alpha value is -1.51. The van der Waals surface area contributed by atoms with Crippen LogP contribution in [-0.2, 0) is 16.9 Å². The molecule has 0 radical (unpaired) electrons. The van der Waals surface area contributed by atoms with Gasteiger partial charge in [0.2, 0.25) is 14.3 Å². The van der Waals surface area contributed by atoms with Gasteiger partial charge in [-0.1, -0.05) is 6.07 Å². The number of carbonyl (C=O) groups is 1. The Morgan fingerprint density at radius 2 is 2.12 bits per heavy atom. The number of fused-ring (bicyclic) bond motifs is 1. The van der Waals surface area contributed by atoms with E-state index in [4.69, 9.17) is 9.79 Å². The van der Waals surface area contributed by atoms with Gasteiger partial charge in [-0.15, -0.1) is 11.3 Å². The molecule has 0 spiro atoms. The fraction of sp³-hybridized carbons (Fsp3) is 0.125. The van der Waals surface area contributed by atoms with Gasteiger partial charge in [-0.25, -0.2) is 0 Å². The lowest BCUT2D eigenvalue weighted by atomic mass is 10.2. The van der Waals surface area contributed by atoms with E-state index >= 15 is 0 Å². The summed E-state index contributed by atoms with van der Waals surface area (Å²) in [7, 11) is -3.45. The van der Waals surface area contributed by atoms with Crippen molar-refractivity contribution in [1.29, 1.82) is 0 Å². The van der Waals surface area contributed by atoms with Crippen molar-refractivity contribution in [3.8, 4) is 0 Å². The number of carbonyl (C=O) groups excluding carboxylic acids is 1. The maximum absolute atomic E-state index is 14.0. The first-order valence-electron chi connectivity index (χ1n) is 7.26. The lowest BCUT2D eigenvalue weighted by Gasteiger charge is -2.15. The molecule has 0 aliphatic rings. The molecule has 0 saturated heterocycles. The third-order valence-electron chi connectivity index (χ3n) is 3.52. The molecular weight excluding hydrogens is 449 g/mol. The Labute approximate surface area is 160 Å². The van der Waals surface area contributed by atoms with Crippen LogP contribution in [0.3, 0.4) is 0 Å². The second-order valence-corrected chi connectivity index (χ2v) is 8.36. The number of rotatable bonds is 5. The summed E-state index contributed by atoms with van der Waals surface area (Å²) in [5.74, 6) is -0.261. The molecule has 3 rings (SSSR count). The number of nitrogens with zero attached hydrogens (tertiary/aromatic N) is 1. The number of hydrogen-bond donors (Lipinski definition) is 3. The molecule has 2 aromatic heterocycles. The predicted octanol–water partition coefficient (Wildman–Crippen LogP) is 4.59. The number of nitrogens with one attached hydrogen (secondary N) is 1. The summed E-state index contributed by atoms with van der Waals surface area (Å²) in [6, 6.07) is 8.28. The van der Waals surface area contributed by atoms with E-state index in [1.165, 1.54) is 0 Å². The van der Waals surface area contributed by atoms with Crippen molar-refractivity contribution in [3.63, 3.8) is 0 Å². The molecule has 1 aromatic carbocycles. The van der Waals surface area contributed by atoms with Crippen LogP contribution < -0.4 is 5.32 Å². The van der Waals surface area contributed by atoms with Crippen LogP contribution >= 0.6 is 35.6 Å². The lowest BCUT2D eigenvalue weighted by molar-refractivity contribution is -0.115. The van der Waals surface area contributed by atoms with E-state index in [1.54, 1.807) is 42.7 Å². The zero-order chi connectivity index (χ0) is 18.9. The molecule has 0 atom stereocenters. The van der Waals surface area contributed by atoms with Crippen LogP contribution in [0.5, 0.6) is 0 Å². The molecular formula is C16H12BrF2N2O3PS. The molecule has 136 valence electrons. The van der Waals surface area contributed by atoms with Crippen LogP contribution in [0.4, 0.5) is 14.5 Å². The molecule has 0 aliphatic heterocycles. The van der Waals surface area contributed by atoms with Crippen LogP contribution in [0.25, 0.3) is 10.1 Å². The zero-order valence-corrected chi connectivity index (χ0v) is 16.3. The minimum atomic E-state index is -3.73. The number of hydrogen-bond acceptors (Lipinski definition) is 5. The van der Waals surface area contributed by atoms with Gasteiger partial charge in [0.25, 0.3) is 0 Å². The molecule has 3 N–H and O–H groups in total. The maximum atomic E-state index is 14.0. The first kappa shape index (κ1) is 19.3. The van der Waals surface area contributed by atoms with E-state index < -0.39 is 18.9 Å². The summed E-state index contributed by atoms with van der Waals surface area (Å²) >= 11 is 3.88. The topological polar surface area (TPSA) is 82.5 Å². The van der Waals surface area contributed by atoms with E-state index in [1.807, 2.05) is 0 Å². The molecule has 0 unspecified atom stereocenters. The van der Waals surface area contributed by atoms with Crippen LogP contribution in [0.2, 0.25) is 0 Å². The molecule has 0 aliphatic carbocycles. The minimum absolute atomic E-state index is 0.0847. The fourth-order valence-corrected chi connectivity index (χ4v) is 5.05. The minimum Gasteiger partial charge on any atom is -0.346 e. The summed E-state index contributed by atoms with van der Waals surface area (Å²) in [4.78, 5) is 33.6. The predicted molar refractivity (Wildman–Crippen MR) is 101 cm³/mol. The largest absolute Gasteiger partial charge is 0.349 e. The third kappa shape index (κ3) is 3.92. The summed E-state index contributed by atoms with van der Waals surface area (Å²) in [6.07, 6.45) is 3.34. The summed E-state index contributed by atoms with van der Waals surface area (Å²) in [6.45, 7) is 0. The molecule has 2 heterocycles. The second-order valence-electron chi connectivity index (χ2n) is 5.37. The van der Waals surface area contributed by atoms with E-state index in [9.17, 15) is 13.6 Å². The molecule has 0 saturated carbocycles. The number of halogens is 3. The second kappa shape index (κ2) is 7.62. The number of benzene rings is 1. The Balaban J connectivity index is 1.85. The van der Waals surface area contributed by atoms with Crippen molar-refractivity contribution >= 4 is 57.3 Å². The maximum Gasteiger partial charge on any atom is 0.349 e. The smallest absolute Gasteiger partial charge is 0.346 e. The number of aromatic nitrogens is 1. The normalized spacial score (nSPS) is 11.9. The third-order valence-corrected chi connectivity index (χ3v) is 6.73. The molecule has 0 bridgehead atoms. The monoisotopic (exact) mass is 460 g/mol. The van der Waals surface area contributed by atoms with Gasteiger partial charge in [-0.3, -0.25) is 9.78 Å². The van der Waals surface area contributed by atoms with E-state index in [0.717, 1.165) is 16.9 Å². The Bertz CT molecular complexity index is 953. The number of thiophene rings is 1. The highest BCUT2D eigenvalue weighted by molar-refractivity contribution is 9.10. The Morgan fingerprint density at radius 1 is 1.35 bits per heavy atom. The van der Waals surface area contributed by atoms with Crippen LogP contribution in [0.15, 0.2) is 47.2 Å². The number of alkyl halides is 2. The molecule has 3 aromatic rings. The van der Waals surface area contributed by atoms with Crippen molar-refractivity contribution in [3.05, 3.63) is 57.6 Å². The Morgan fingerprint density at radius 3 is 2.77 bits per heavy atom. The van der Waals surface area contributed by atoms with Crippen LogP contribution in [-0.4, -0.2) is 20.7 Å². The van der Waals surface area contributed by atoms with E-state index in [-0.39, 0.29) is 16.8 Å². The van der Waals surface area contributed by atoms with Crippen LogP contribution in [0, 0.1) is 0 Å².